The molecule has 4 heteroatoms. The van der Waals surface area contributed by atoms with E-state index >= 15 is 0 Å². The van der Waals surface area contributed by atoms with Gasteiger partial charge in [-0.1, -0.05) is 34.6 Å². The van der Waals surface area contributed by atoms with Crippen molar-refractivity contribution >= 4 is 11.5 Å². The predicted molar refractivity (Wildman–Crippen MR) is 86.2 cm³/mol. The highest BCUT2D eigenvalue weighted by atomic mass is 16.3. The molecule has 0 aliphatic rings. The van der Waals surface area contributed by atoms with Crippen LogP contribution < -0.4 is 5.32 Å². The molecule has 1 heterocycles. The molecule has 112 valence electrons. The minimum absolute atomic E-state index is 0.131. The lowest BCUT2D eigenvalue weighted by Gasteiger charge is -2.24. The summed E-state index contributed by atoms with van der Waals surface area (Å²) in [6, 6.07) is 7.66. The molecular weight excluding hydrogens is 262 g/mol. The van der Waals surface area contributed by atoms with E-state index in [1.807, 2.05) is 24.3 Å². The number of aromatic nitrogens is 2. The smallest absolute Gasteiger partial charge is 0.153 e. The van der Waals surface area contributed by atoms with Crippen LogP contribution in [0.1, 0.15) is 51.7 Å². The van der Waals surface area contributed by atoms with Crippen LogP contribution in [0.2, 0.25) is 0 Å². The van der Waals surface area contributed by atoms with Crippen LogP contribution in [0.3, 0.4) is 0 Å². The third-order valence-electron chi connectivity index (χ3n) is 3.41. The Bertz CT molecular complexity index is 616. The molecule has 0 atom stereocenters. The number of hydrogen-bond acceptors (Lipinski definition) is 4. The summed E-state index contributed by atoms with van der Waals surface area (Å²) in [5.74, 6) is 1.33. The van der Waals surface area contributed by atoms with Gasteiger partial charge in [-0.25, -0.2) is 0 Å². The summed E-state index contributed by atoms with van der Waals surface area (Å²) in [6.45, 7) is 10.4. The monoisotopic (exact) mass is 285 g/mol. The second-order valence-electron chi connectivity index (χ2n) is 6.60. The standard InChI is InChI=1S/C17H23N3O/c1-11(2)13-9-12(19-15-7-6-8-18-20-15)10-14(16(13)21)17(3,4)5/h6-11,21H,1-5H3,(H,19,20). The summed E-state index contributed by atoms with van der Waals surface area (Å²) in [5.41, 5.74) is 2.66. The zero-order valence-corrected chi connectivity index (χ0v) is 13.3. The highest BCUT2D eigenvalue weighted by molar-refractivity contribution is 5.63. The van der Waals surface area contributed by atoms with E-state index in [1.165, 1.54) is 0 Å². The first kappa shape index (κ1) is 15.3. The first-order valence-electron chi connectivity index (χ1n) is 7.21. The highest BCUT2D eigenvalue weighted by Crippen LogP contribution is 2.39. The molecule has 0 aliphatic heterocycles. The predicted octanol–water partition coefficient (Wildman–Crippen LogP) is 4.35. The van der Waals surface area contributed by atoms with E-state index in [0.29, 0.717) is 11.6 Å². The van der Waals surface area contributed by atoms with E-state index in [1.54, 1.807) is 6.20 Å². The fraction of sp³-hybridized carbons (Fsp3) is 0.412. The van der Waals surface area contributed by atoms with Crippen molar-refractivity contribution in [1.82, 2.24) is 10.2 Å². The number of benzene rings is 1. The Morgan fingerprint density at radius 2 is 1.90 bits per heavy atom. The Labute approximate surface area is 126 Å². The van der Waals surface area contributed by atoms with Crippen molar-refractivity contribution in [3.8, 4) is 5.75 Å². The minimum Gasteiger partial charge on any atom is -0.507 e. The van der Waals surface area contributed by atoms with E-state index in [9.17, 15) is 5.11 Å². The molecule has 4 nitrogen and oxygen atoms in total. The number of anilines is 2. The highest BCUT2D eigenvalue weighted by Gasteiger charge is 2.22. The molecule has 0 bridgehead atoms. The van der Waals surface area contributed by atoms with Crippen LogP contribution in [0.5, 0.6) is 5.75 Å². The van der Waals surface area contributed by atoms with E-state index in [-0.39, 0.29) is 11.3 Å². The topological polar surface area (TPSA) is 58.0 Å². The molecule has 0 unspecified atom stereocenters. The van der Waals surface area contributed by atoms with Gasteiger partial charge in [-0.2, -0.15) is 5.10 Å². The molecule has 2 aromatic rings. The molecule has 0 amide bonds. The first-order valence-corrected chi connectivity index (χ1v) is 7.21. The van der Waals surface area contributed by atoms with Gasteiger partial charge in [0.1, 0.15) is 5.75 Å². The Morgan fingerprint density at radius 1 is 1.19 bits per heavy atom. The van der Waals surface area contributed by atoms with Crippen molar-refractivity contribution < 1.29 is 5.11 Å². The van der Waals surface area contributed by atoms with E-state index in [4.69, 9.17) is 0 Å². The number of phenolic OH excluding ortho intramolecular Hbond substituents is 1. The maximum Gasteiger partial charge on any atom is 0.153 e. The zero-order valence-electron chi connectivity index (χ0n) is 13.3. The first-order chi connectivity index (χ1) is 9.79. The van der Waals surface area contributed by atoms with Crippen LogP contribution in [-0.2, 0) is 5.41 Å². The van der Waals surface area contributed by atoms with Crippen molar-refractivity contribution in [2.75, 3.05) is 5.32 Å². The Balaban J connectivity index is 2.49. The zero-order chi connectivity index (χ0) is 15.6. The second kappa shape index (κ2) is 5.72. The molecule has 21 heavy (non-hydrogen) atoms. The summed E-state index contributed by atoms with van der Waals surface area (Å²) < 4.78 is 0. The van der Waals surface area contributed by atoms with Crippen molar-refractivity contribution in [2.24, 2.45) is 0 Å². The molecular formula is C17H23N3O. The van der Waals surface area contributed by atoms with Crippen LogP contribution in [0.4, 0.5) is 11.5 Å². The molecule has 2 rings (SSSR count). The van der Waals surface area contributed by atoms with Crippen LogP contribution in [0.15, 0.2) is 30.5 Å². The fourth-order valence-corrected chi connectivity index (χ4v) is 2.26. The van der Waals surface area contributed by atoms with Gasteiger partial charge in [0.15, 0.2) is 5.82 Å². The van der Waals surface area contributed by atoms with Gasteiger partial charge >= 0.3 is 0 Å². The summed E-state index contributed by atoms with van der Waals surface area (Å²) in [4.78, 5) is 0. The van der Waals surface area contributed by atoms with Crippen LogP contribution in [-0.4, -0.2) is 15.3 Å². The SMILES string of the molecule is CC(C)c1cc(Nc2cccnn2)cc(C(C)(C)C)c1O. The summed E-state index contributed by atoms with van der Waals surface area (Å²) in [6.07, 6.45) is 1.64. The summed E-state index contributed by atoms with van der Waals surface area (Å²) in [5, 5.41) is 21.7. The maximum atomic E-state index is 10.5. The summed E-state index contributed by atoms with van der Waals surface area (Å²) >= 11 is 0. The Hall–Kier alpha value is -2.10. The lowest BCUT2D eigenvalue weighted by molar-refractivity contribution is 0.438. The van der Waals surface area contributed by atoms with Crippen molar-refractivity contribution in [1.29, 1.82) is 0 Å². The molecule has 0 fully saturated rings. The van der Waals surface area contributed by atoms with Gasteiger partial charge in [0.25, 0.3) is 0 Å². The van der Waals surface area contributed by atoms with Crippen LogP contribution in [0.25, 0.3) is 0 Å². The van der Waals surface area contributed by atoms with Gasteiger partial charge in [-0.05, 0) is 41.2 Å². The van der Waals surface area contributed by atoms with Crippen molar-refractivity contribution in [3.63, 3.8) is 0 Å². The van der Waals surface area contributed by atoms with E-state index in [2.05, 4.69) is 50.1 Å². The Morgan fingerprint density at radius 3 is 2.43 bits per heavy atom. The van der Waals surface area contributed by atoms with E-state index < -0.39 is 0 Å². The minimum atomic E-state index is -0.131. The van der Waals surface area contributed by atoms with E-state index in [0.717, 1.165) is 16.8 Å². The third-order valence-corrected chi connectivity index (χ3v) is 3.41. The van der Waals surface area contributed by atoms with Gasteiger partial charge < -0.3 is 10.4 Å². The molecule has 0 radical (unpaired) electrons. The molecule has 1 aromatic heterocycles. The number of phenols is 1. The van der Waals surface area contributed by atoms with Gasteiger partial charge in [0.2, 0.25) is 0 Å². The lowest BCUT2D eigenvalue weighted by Crippen LogP contribution is -2.13. The molecule has 1 aromatic carbocycles. The average Bonchev–Trinajstić information content (AvgIpc) is 2.40. The van der Waals surface area contributed by atoms with Crippen LogP contribution in [0, 0.1) is 0 Å². The quantitative estimate of drug-likeness (QED) is 0.823. The van der Waals surface area contributed by atoms with Gasteiger partial charge in [0, 0.05) is 17.4 Å². The average molecular weight is 285 g/mol. The third kappa shape index (κ3) is 3.51. The number of rotatable bonds is 3. The molecule has 0 spiro atoms. The second-order valence-corrected chi connectivity index (χ2v) is 6.60. The number of nitrogens with one attached hydrogen (secondary N) is 1. The molecule has 2 N–H and O–H groups in total. The van der Waals surface area contributed by atoms with Gasteiger partial charge in [-0.3, -0.25) is 0 Å². The van der Waals surface area contributed by atoms with Crippen molar-refractivity contribution in [2.45, 2.75) is 46.0 Å². The molecule has 0 saturated carbocycles. The largest absolute Gasteiger partial charge is 0.507 e. The summed E-state index contributed by atoms with van der Waals surface area (Å²) in [7, 11) is 0. The fourth-order valence-electron chi connectivity index (χ4n) is 2.26. The number of hydrogen-bond donors (Lipinski definition) is 2. The maximum absolute atomic E-state index is 10.5. The van der Waals surface area contributed by atoms with Gasteiger partial charge in [0.05, 0.1) is 0 Å². The van der Waals surface area contributed by atoms with Crippen LogP contribution >= 0.6 is 0 Å². The number of aromatic hydroxyl groups is 1. The number of nitrogens with zero attached hydrogens (tertiary/aromatic N) is 2. The Kier molecular flexibility index (Phi) is 4.16. The molecule has 0 saturated heterocycles. The normalized spacial score (nSPS) is 11.7. The lowest BCUT2D eigenvalue weighted by atomic mass is 9.83. The van der Waals surface area contributed by atoms with Gasteiger partial charge in [-0.15, -0.1) is 5.10 Å². The van der Waals surface area contributed by atoms with Crippen molar-refractivity contribution in [3.05, 3.63) is 41.6 Å². The molecule has 0 aliphatic carbocycles.